The van der Waals surface area contributed by atoms with E-state index < -0.39 is 23.3 Å². The Balaban J connectivity index is 1.27. The van der Waals surface area contributed by atoms with E-state index in [1.54, 1.807) is 12.3 Å². The fraction of sp³-hybridized carbons (Fsp3) is 0.500. The highest BCUT2D eigenvalue weighted by atomic mass is 19.1. The van der Waals surface area contributed by atoms with Gasteiger partial charge in [-0.15, -0.1) is 0 Å². The van der Waals surface area contributed by atoms with Crippen molar-refractivity contribution in [2.24, 2.45) is 0 Å². The number of aromatic nitrogens is 3. The number of morpholine rings is 1. The fourth-order valence-corrected chi connectivity index (χ4v) is 8.18. The Bertz CT molecular complexity index is 1800. The van der Waals surface area contributed by atoms with E-state index in [4.69, 9.17) is 14.5 Å². The lowest BCUT2D eigenvalue weighted by Crippen LogP contribution is -2.50. The Hall–Kier alpha value is -3.70. The number of nitrogens with zero attached hydrogens (tertiary/aromatic N) is 5. The van der Waals surface area contributed by atoms with Gasteiger partial charge in [-0.25, -0.2) is 13.2 Å². The molecule has 0 aliphatic carbocycles. The second kappa shape index (κ2) is 11.0. The Labute approximate surface area is 259 Å². The van der Waals surface area contributed by atoms with Gasteiger partial charge in [0.15, 0.2) is 5.82 Å². The van der Waals surface area contributed by atoms with E-state index >= 15 is 4.39 Å². The molecule has 2 aromatic heterocycles. The van der Waals surface area contributed by atoms with E-state index in [1.165, 1.54) is 18.2 Å². The Morgan fingerprint density at radius 2 is 1.91 bits per heavy atom. The number of aryl methyl sites for hydroxylation is 1. The molecule has 1 N–H and O–H groups in total. The molecule has 8 nitrogen and oxygen atoms in total. The standard InChI is InChI=1S/C34H36F3N5O3/c1-2-24-27(36)8-7-19-11-21(43)12-25(28(19)24)30-29(37)31-26(14-38-30)32(41-16-22-5-3-6-23(17-41)45-22)40-33(39-31)44-18-34-9-4-10-42(34)15-20(35)13-34/h7-8,11-12,14,20,22-23,43H,2-6,9-10,13,15-18H2,1H3/t20-,22-,23+,34+/m1/s1. The number of rotatable bonds is 6. The SMILES string of the molecule is CCc1c(F)ccc2cc(O)cc(-c3ncc4c(N5C[C@H]6CCC[C@@H](C5)O6)nc(OC[C@@]56CCCN5C[C@H](F)C6)nc4c3F)c12. The van der Waals surface area contributed by atoms with Crippen molar-refractivity contribution in [1.29, 1.82) is 0 Å². The van der Waals surface area contributed by atoms with Crippen LogP contribution in [0, 0.1) is 11.6 Å². The van der Waals surface area contributed by atoms with Crippen LogP contribution in [0.1, 0.15) is 51.0 Å². The highest BCUT2D eigenvalue weighted by molar-refractivity contribution is 6.01. The summed E-state index contributed by atoms with van der Waals surface area (Å²) in [5, 5.41) is 12.1. The van der Waals surface area contributed by atoms with Gasteiger partial charge in [0.05, 0.1) is 23.1 Å². The second-order valence-electron chi connectivity index (χ2n) is 13.1. The summed E-state index contributed by atoms with van der Waals surface area (Å²) in [7, 11) is 0. The van der Waals surface area contributed by atoms with Crippen molar-refractivity contribution in [3.63, 3.8) is 0 Å². The number of aromatic hydroxyl groups is 1. The van der Waals surface area contributed by atoms with Crippen LogP contribution in [0.4, 0.5) is 19.0 Å². The first-order valence-electron chi connectivity index (χ1n) is 16.0. The van der Waals surface area contributed by atoms with E-state index in [1.807, 2.05) is 6.92 Å². The minimum atomic E-state index is -0.907. The molecule has 4 aliphatic rings. The number of anilines is 1. The average Bonchev–Trinajstić information content (AvgIpc) is 3.55. The number of hydrogen-bond donors (Lipinski definition) is 1. The van der Waals surface area contributed by atoms with E-state index in [2.05, 4.69) is 19.8 Å². The molecule has 0 amide bonds. The van der Waals surface area contributed by atoms with Crippen LogP contribution in [0.2, 0.25) is 0 Å². The summed E-state index contributed by atoms with van der Waals surface area (Å²) in [6.07, 6.45) is 6.31. The first-order valence-corrected chi connectivity index (χ1v) is 16.0. The Kier molecular flexibility index (Phi) is 7.01. The quantitative estimate of drug-likeness (QED) is 0.277. The molecule has 4 fully saturated rings. The predicted molar refractivity (Wildman–Crippen MR) is 165 cm³/mol. The molecule has 0 unspecified atom stereocenters. The number of benzene rings is 2. The van der Waals surface area contributed by atoms with Gasteiger partial charge in [0, 0.05) is 37.8 Å². The lowest BCUT2D eigenvalue weighted by molar-refractivity contribution is -0.0606. The summed E-state index contributed by atoms with van der Waals surface area (Å²) in [4.78, 5) is 18.2. The zero-order chi connectivity index (χ0) is 30.9. The van der Waals surface area contributed by atoms with Crippen molar-refractivity contribution in [2.75, 3.05) is 37.7 Å². The lowest BCUT2D eigenvalue weighted by Gasteiger charge is -2.42. The summed E-state index contributed by atoms with van der Waals surface area (Å²) in [5.74, 6) is -0.676. The van der Waals surface area contributed by atoms with E-state index in [9.17, 15) is 13.9 Å². The van der Waals surface area contributed by atoms with Crippen LogP contribution in [0.3, 0.4) is 0 Å². The zero-order valence-corrected chi connectivity index (χ0v) is 25.2. The number of phenols is 1. The summed E-state index contributed by atoms with van der Waals surface area (Å²) >= 11 is 0. The molecular formula is C34H36F3N5O3. The molecule has 4 aromatic rings. The van der Waals surface area contributed by atoms with Gasteiger partial charge in [-0.3, -0.25) is 9.88 Å². The summed E-state index contributed by atoms with van der Waals surface area (Å²) in [6.45, 7) is 4.46. The number of halogens is 3. The van der Waals surface area contributed by atoms with Gasteiger partial charge in [0.1, 0.15) is 41.4 Å². The molecule has 4 saturated heterocycles. The fourth-order valence-electron chi connectivity index (χ4n) is 8.18. The third-order valence-corrected chi connectivity index (χ3v) is 10.2. The summed E-state index contributed by atoms with van der Waals surface area (Å²) in [6, 6.07) is 5.91. The minimum Gasteiger partial charge on any atom is -0.508 e. The molecule has 11 heteroatoms. The molecule has 2 bridgehead atoms. The van der Waals surface area contributed by atoms with E-state index in [-0.39, 0.29) is 47.3 Å². The molecular weight excluding hydrogens is 583 g/mol. The van der Waals surface area contributed by atoms with Gasteiger partial charge in [-0.1, -0.05) is 13.0 Å². The van der Waals surface area contributed by atoms with Gasteiger partial charge < -0.3 is 19.5 Å². The molecule has 45 heavy (non-hydrogen) atoms. The molecule has 6 heterocycles. The topological polar surface area (TPSA) is 83.8 Å². The van der Waals surface area contributed by atoms with E-state index in [0.717, 1.165) is 38.6 Å². The smallest absolute Gasteiger partial charge is 0.319 e. The number of fused-ring (bicyclic) bond motifs is 5. The maximum absolute atomic E-state index is 16.8. The van der Waals surface area contributed by atoms with Crippen LogP contribution in [-0.4, -0.2) is 81.7 Å². The normalized spacial score (nSPS) is 26.6. The van der Waals surface area contributed by atoms with Crippen LogP contribution in [0.15, 0.2) is 30.5 Å². The maximum atomic E-state index is 16.8. The van der Waals surface area contributed by atoms with Gasteiger partial charge in [0.2, 0.25) is 0 Å². The van der Waals surface area contributed by atoms with Crippen molar-refractivity contribution in [2.45, 2.75) is 75.8 Å². The van der Waals surface area contributed by atoms with Crippen LogP contribution in [0.5, 0.6) is 11.8 Å². The van der Waals surface area contributed by atoms with Gasteiger partial charge in [-0.2, -0.15) is 9.97 Å². The Morgan fingerprint density at radius 1 is 1.09 bits per heavy atom. The maximum Gasteiger partial charge on any atom is 0.319 e. The van der Waals surface area contributed by atoms with Crippen molar-refractivity contribution >= 4 is 27.5 Å². The number of ether oxygens (including phenoxy) is 2. The van der Waals surface area contributed by atoms with Crippen LogP contribution in [-0.2, 0) is 11.2 Å². The zero-order valence-electron chi connectivity index (χ0n) is 25.2. The van der Waals surface area contributed by atoms with Gasteiger partial charge in [-0.05, 0) is 79.6 Å². The predicted octanol–water partition coefficient (Wildman–Crippen LogP) is 6.10. The number of alkyl halides is 1. The van der Waals surface area contributed by atoms with Gasteiger partial charge in [0.25, 0.3) is 0 Å². The lowest BCUT2D eigenvalue weighted by atomic mass is 9.94. The molecule has 2 aromatic carbocycles. The Morgan fingerprint density at radius 3 is 2.71 bits per heavy atom. The summed E-state index contributed by atoms with van der Waals surface area (Å²) in [5.41, 5.74) is 0.258. The van der Waals surface area contributed by atoms with Crippen LogP contribution >= 0.6 is 0 Å². The van der Waals surface area contributed by atoms with Gasteiger partial charge >= 0.3 is 6.01 Å². The average molecular weight is 620 g/mol. The second-order valence-corrected chi connectivity index (χ2v) is 13.1. The molecule has 0 saturated carbocycles. The van der Waals surface area contributed by atoms with Crippen molar-refractivity contribution in [1.82, 2.24) is 19.9 Å². The largest absolute Gasteiger partial charge is 0.508 e. The third kappa shape index (κ3) is 4.86. The number of pyridine rings is 1. The number of hydrogen-bond acceptors (Lipinski definition) is 8. The minimum absolute atomic E-state index is 0.0230. The molecule has 8 rings (SSSR count). The number of phenolic OH excluding ortho intramolecular Hbond substituents is 1. The van der Waals surface area contributed by atoms with E-state index in [0.29, 0.717) is 60.0 Å². The summed E-state index contributed by atoms with van der Waals surface area (Å²) < 4.78 is 58.7. The monoisotopic (exact) mass is 619 g/mol. The highest BCUT2D eigenvalue weighted by Crippen LogP contribution is 2.42. The van der Waals surface area contributed by atoms with Crippen molar-refractivity contribution in [3.05, 3.63) is 47.7 Å². The van der Waals surface area contributed by atoms with Crippen molar-refractivity contribution < 1.29 is 27.8 Å². The molecule has 236 valence electrons. The first kappa shape index (κ1) is 28.8. The van der Waals surface area contributed by atoms with Crippen LogP contribution in [0.25, 0.3) is 32.9 Å². The highest BCUT2D eigenvalue weighted by Gasteiger charge is 2.49. The first-order chi connectivity index (χ1) is 21.8. The molecule has 0 spiro atoms. The molecule has 4 atom stereocenters. The molecule has 4 aliphatic heterocycles. The third-order valence-electron chi connectivity index (χ3n) is 10.2. The van der Waals surface area contributed by atoms with Crippen LogP contribution < -0.4 is 9.64 Å². The molecule has 0 radical (unpaired) electrons. The van der Waals surface area contributed by atoms with Crippen molar-refractivity contribution in [3.8, 4) is 23.0 Å².